The third kappa shape index (κ3) is 5.55. The Hall–Kier alpha value is -3.06. The summed E-state index contributed by atoms with van der Waals surface area (Å²) in [6, 6.07) is 14.8. The Morgan fingerprint density at radius 3 is 2.45 bits per heavy atom. The van der Waals surface area contributed by atoms with Crippen molar-refractivity contribution < 1.29 is 27.5 Å². The zero-order chi connectivity index (χ0) is 22.6. The van der Waals surface area contributed by atoms with Gasteiger partial charge in [0, 0.05) is 5.39 Å². The average Bonchev–Trinajstić information content (AvgIpc) is 2.74. The number of alkyl halides is 3. The Kier molecular flexibility index (Phi) is 6.85. The largest absolute Gasteiger partial charge is 0.493 e. The van der Waals surface area contributed by atoms with E-state index in [2.05, 4.69) is 4.84 Å². The van der Waals surface area contributed by atoms with Crippen molar-refractivity contribution in [2.24, 2.45) is 5.90 Å². The van der Waals surface area contributed by atoms with E-state index in [1.807, 2.05) is 32.0 Å². The number of fused-ring (bicyclic) bond motifs is 1. The van der Waals surface area contributed by atoms with Crippen LogP contribution >= 0.6 is 0 Å². The molecule has 0 heterocycles. The van der Waals surface area contributed by atoms with Gasteiger partial charge in [-0.25, -0.2) is 0 Å². The quantitative estimate of drug-likeness (QED) is 0.478. The molecule has 2 N–H and O–H groups in total. The lowest BCUT2D eigenvalue weighted by molar-refractivity contribution is -0.144. The molecule has 3 rings (SSSR count). The van der Waals surface area contributed by atoms with E-state index in [1.165, 1.54) is 0 Å². The zero-order valence-corrected chi connectivity index (χ0v) is 17.3. The van der Waals surface area contributed by atoms with E-state index in [0.29, 0.717) is 17.2 Å². The lowest BCUT2D eigenvalue weighted by atomic mass is 9.90. The van der Waals surface area contributed by atoms with Gasteiger partial charge in [0.2, 0.25) is 0 Å². The summed E-state index contributed by atoms with van der Waals surface area (Å²) in [4.78, 5) is 16.1. The van der Waals surface area contributed by atoms with E-state index in [-0.39, 0.29) is 24.7 Å². The molecule has 0 aliphatic carbocycles. The number of hydrogen-bond acceptors (Lipinski definition) is 4. The van der Waals surface area contributed by atoms with Gasteiger partial charge in [0.05, 0.1) is 18.6 Å². The maximum Gasteiger partial charge on any atom is 0.416 e. The molecule has 164 valence electrons. The van der Waals surface area contributed by atoms with Crippen molar-refractivity contribution in [3.63, 3.8) is 0 Å². The molecule has 1 unspecified atom stereocenters. The van der Waals surface area contributed by atoms with Gasteiger partial charge in [-0.3, -0.25) is 4.79 Å². The Morgan fingerprint density at radius 2 is 1.77 bits per heavy atom. The normalized spacial score (nSPS) is 12.6. The average molecular weight is 431 g/mol. The van der Waals surface area contributed by atoms with E-state index in [1.54, 1.807) is 24.3 Å². The molecule has 7 heteroatoms. The minimum absolute atomic E-state index is 0.0473. The highest BCUT2D eigenvalue weighted by Gasteiger charge is 2.31. The number of rotatable bonds is 7. The standard InChI is InChI=1S/C24H24F3NO3/c1-15-7-8-17(11-16(15)2)18(13-23(29)31-28)9-10-30-22-14-20(24(25,26)27)12-19-5-3-4-6-21(19)22/h3-8,11-12,14,18H,9-10,13,28H2,1-2H3. The second-order valence-electron chi connectivity index (χ2n) is 7.57. The maximum atomic E-state index is 13.3. The summed E-state index contributed by atoms with van der Waals surface area (Å²) < 4.78 is 45.7. The number of aryl methyl sites for hydroxylation is 2. The van der Waals surface area contributed by atoms with Crippen molar-refractivity contribution in [2.45, 2.75) is 38.8 Å². The lowest BCUT2D eigenvalue weighted by Crippen LogP contribution is -2.16. The van der Waals surface area contributed by atoms with Crippen molar-refractivity contribution in [2.75, 3.05) is 6.61 Å². The first-order valence-corrected chi connectivity index (χ1v) is 9.88. The van der Waals surface area contributed by atoms with Crippen LogP contribution in [0.15, 0.2) is 54.6 Å². The van der Waals surface area contributed by atoms with Crippen LogP contribution < -0.4 is 10.6 Å². The summed E-state index contributed by atoms with van der Waals surface area (Å²) in [7, 11) is 0. The molecule has 1 atom stereocenters. The van der Waals surface area contributed by atoms with Crippen molar-refractivity contribution in [3.8, 4) is 5.75 Å². The van der Waals surface area contributed by atoms with Crippen LogP contribution in [0.3, 0.4) is 0 Å². The SMILES string of the molecule is Cc1ccc(C(CCOc2cc(C(F)(F)F)cc3ccccc23)CC(=O)ON)cc1C. The number of halogens is 3. The minimum atomic E-state index is -4.48. The van der Waals surface area contributed by atoms with Gasteiger partial charge in [0.1, 0.15) is 5.75 Å². The molecule has 31 heavy (non-hydrogen) atoms. The van der Waals surface area contributed by atoms with E-state index in [0.717, 1.165) is 28.8 Å². The van der Waals surface area contributed by atoms with Crippen LogP contribution in [0.1, 0.15) is 41.0 Å². The van der Waals surface area contributed by atoms with E-state index in [9.17, 15) is 18.0 Å². The van der Waals surface area contributed by atoms with Gasteiger partial charge in [-0.2, -0.15) is 19.1 Å². The first kappa shape index (κ1) is 22.6. The molecule has 0 aliphatic heterocycles. The summed E-state index contributed by atoms with van der Waals surface area (Å²) in [6.07, 6.45) is -4.02. The summed E-state index contributed by atoms with van der Waals surface area (Å²) in [5, 5.41) is 1.05. The summed E-state index contributed by atoms with van der Waals surface area (Å²) in [5.41, 5.74) is 2.36. The number of carbonyl (C=O) groups excluding carboxylic acids is 1. The van der Waals surface area contributed by atoms with Crippen LogP contribution in [0.25, 0.3) is 10.8 Å². The van der Waals surface area contributed by atoms with Gasteiger partial charge < -0.3 is 9.57 Å². The minimum Gasteiger partial charge on any atom is -0.493 e. The fraction of sp³-hybridized carbons (Fsp3) is 0.292. The third-order valence-electron chi connectivity index (χ3n) is 5.42. The van der Waals surface area contributed by atoms with Gasteiger partial charge in [0.15, 0.2) is 0 Å². The number of benzene rings is 3. The zero-order valence-electron chi connectivity index (χ0n) is 17.3. The fourth-order valence-electron chi connectivity index (χ4n) is 3.52. The smallest absolute Gasteiger partial charge is 0.416 e. The molecule has 0 bridgehead atoms. The van der Waals surface area contributed by atoms with Crippen LogP contribution in [0.2, 0.25) is 0 Å². The molecule has 3 aromatic rings. The van der Waals surface area contributed by atoms with Gasteiger partial charge in [0.25, 0.3) is 0 Å². The monoisotopic (exact) mass is 431 g/mol. The van der Waals surface area contributed by atoms with Crippen LogP contribution in [0.4, 0.5) is 13.2 Å². The molecule has 0 saturated carbocycles. The van der Waals surface area contributed by atoms with Gasteiger partial charge in [-0.05, 0) is 60.4 Å². The summed E-state index contributed by atoms with van der Waals surface area (Å²) in [5.74, 6) is 4.36. The Balaban J connectivity index is 1.83. The second kappa shape index (κ2) is 9.39. The fourth-order valence-corrected chi connectivity index (χ4v) is 3.52. The predicted octanol–water partition coefficient (Wildman–Crippen LogP) is 5.84. The third-order valence-corrected chi connectivity index (χ3v) is 5.42. The van der Waals surface area contributed by atoms with E-state index in [4.69, 9.17) is 10.6 Å². The molecular weight excluding hydrogens is 407 g/mol. The highest BCUT2D eigenvalue weighted by molar-refractivity contribution is 5.89. The maximum absolute atomic E-state index is 13.3. The second-order valence-corrected chi connectivity index (χ2v) is 7.57. The van der Waals surface area contributed by atoms with Crippen LogP contribution in [-0.2, 0) is 15.8 Å². The first-order chi connectivity index (χ1) is 14.7. The van der Waals surface area contributed by atoms with Crippen molar-refractivity contribution in [3.05, 3.63) is 76.9 Å². The Labute approximate surface area is 178 Å². The van der Waals surface area contributed by atoms with Crippen LogP contribution in [0.5, 0.6) is 5.75 Å². The molecule has 0 saturated heterocycles. The Bertz CT molecular complexity index is 1080. The van der Waals surface area contributed by atoms with Crippen molar-refractivity contribution in [1.82, 2.24) is 0 Å². The molecule has 4 nitrogen and oxygen atoms in total. The van der Waals surface area contributed by atoms with E-state index < -0.39 is 17.7 Å². The topological polar surface area (TPSA) is 61.5 Å². The molecule has 0 spiro atoms. The molecule has 3 aromatic carbocycles. The molecule has 0 radical (unpaired) electrons. The predicted molar refractivity (Wildman–Crippen MR) is 113 cm³/mol. The molecule has 0 aliphatic rings. The number of carbonyl (C=O) groups is 1. The molecule has 0 aromatic heterocycles. The summed E-state index contributed by atoms with van der Waals surface area (Å²) >= 11 is 0. The number of hydrogen-bond donors (Lipinski definition) is 1. The highest BCUT2D eigenvalue weighted by Crippen LogP contribution is 2.37. The van der Waals surface area contributed by atoms with Gasteiger partial charge >= 0.3 is 12.1 Å². The first-order valence-electron chi connectivity index (χ1n) is 9.88. The van der Waals surface area contributed by atoms with Crippen LogP contribution in [0, 0.1) is 13.8 Å². The number of ether oxygens (including phenoxy) is 1. The van der Waals surface area contributed by atoms with E-state index >= 15 is 0 Å². The van der Waals surface area contributed by atoms with Gasteiger partial charge in [-0.15, -0.1) is 0 Å². The molecule has 0 amide bonds. The Morgan fingerprint density at radius 1 is 1.03 bits per heavy atom. The summed E-state index contributed by atoms with van der Waals surface area (Å²) in [6.45, 7) is 4.09. The molecular formula is C24H24F3NO3. The molecule has 0 fully saturated rings. The highest BCUT2D eigenvalue weighted by atomic mass is 19.4. The van der Waals surface area contributed by atoms with Crippen molar-refractivity contribution >= 4 is 16.7 Å². The van der Waals surface area contributed by atoms with Crippen LogP contribution in [-0.4, -0.2) is 12.6 Å². The number of nitrogens with two attached hydrogens (primary N) is 1. The van der Waals surface area contributed by atoms with Gasteiger partial charge in [-0.1, -0.05) is 42.5 Å². The lowest BCUT2D eigenvalue weighted by Gasteiger charge is -2.19. The van der Waals surface area contributed by atoms with Crippen molar-refractivity contribution in [1.29, 1.82) is 0 Å².